The van der Waals surface area contributed by atoms with Crippen LogP contribution in [0.4, 0.5) is 0 Å². The summed E-state index contributed by atoms with van der Waals surface area (Å²) in [5.74, 6) is -0.230. The first kappa shape index (κ1) is 63.7. The lowest BCUT2D eigenvalue weighted by Crippen LogP contribution is -2.68. The first-order chi connectivity index (χ1) is 37.5. The van der Waals surface area contributed by atoms with Crippen molar-refractivity contribution in [3.8, 4) is 0 Å². The molecule has 19 N–H and O–H groups in total. The van der Waals surface area contributed by atoms with Gasteiger partial charge >= 0.3 is 0 Å². The van der Waals surface area contributed by atoms with Crippen LogP contribution in [0.3, 0.4) is 0 Å². The monoisotopic (exact) mass is 1160 g/mol. The van der Waals surface area contributed by atoms with Crippen LogP contribution in [0.1, 0.15) is 33.6 Å². The van der Waals surface area contributed by atoms with Gasteiger partial charge in [-0.3, -0.25) is 0 Å². The largest absolute Gasteiger partial charge is 0.394 e. The van der Waals surface area contributed by atoms with Crippen LogP contribution in [0, 0.1) is 5.92 Å². The summed E-state index contributed by atoms with van der Waals surface area (Å²) in [6.07, 6.45) is -66.0. The molecule has 21 heterocycles. The van der Waals surface area contributed by atoms with Gasteiger partial charge in [-0.2, -0.15) is 0 Å². The predicted octanol–water partition coefficient (Wildman–Crippen LogP) is -11.8. The molecule has 35 unspecified atom stereocenters. The fourth-order valence-corrected chi connectivity index (χ4v) is 11.1. The Labute approximate surface area is 450 Å². The first-order valence-electron chi connectivity index (χ1n) is 26.3. The molecule has 0 spiro atoms. The maximum Gasteiger partial charge on any atom is 0.187 e. The Hall–Kier alpha value is -1.32. The lowest BCUT2D eigenvalue weighted by atomic mass is 9.91. The number of aliphatic hydroxyl groups excluding tert-OH is 19. The van der Waals surface area contributed by atoms with Crippen molar-refractivity contribution in [1.82, 2.24) is 0 Å². The fourth-order valence-electron chi connectivity index (χ4n) is 11.1. The summed E-state index contributed by atoms with van der Waals surface area (Å²) in [6.45, 7) is 0.0949. The number of hydrogen-bond acceptors (Lipinski definition) is 33. The molecule has 79 heavy (non-hydrogen) atoms. The Morgan fingerprint density at radius 1 is 0.241 bits per heavy atom. The average Bonchev–Trinajstić information content (AvgIpc) is 3.47. The maximum atomic E-state index is 11.7. The van der Waals surface area contributed by atoms with Gasteiger partial charge in [-0.15, -0.1) is 0 Å². The van der Waals surface area contributed by atoms with Gasteiger partial charge in [-0.05, 0) is 18.8 Å². The van der Waals surface area contributed by atoms with E-state index in [9.17, 15) is 97.0 Å². The summed E-state index contributed by atoms with van der Waals surface area (Å²) < 4.78 is 81.7. The lowest BCUT2D eigenvalue weighted by molar-refractivity contribution is -0.396. The second-order valence-corrected chi connectivity index (χ2v) is 21.3. The molecule has 0 amide bonds. The quantitative estimate of drug-likeness (QED) is 0.107. The van der Waals surface area contributed by atoms with Crippen LogP contribution in [0.5, 0.6) is 0 Å². The van der Waals surface area contributed by atoms with Crippen LogP contribution in [0.15, 0.2) is 0 Å². The highest BCUT2D eigenvalue weighted by atomic mass is 16.8. The molecule has 0 aliphatic carbocycles. The number of hydrogen-bond donors (Lipinski definition) is 19. The molecule has 0 radical (unpaired) electrons. The van der Waals surface area contributed by atoms with E-state index in [1.807, 2.05) is 0 Å². The van der Waals surface area contributed by atoms with E-state index < -0.39 is 248 Å². The van der Waals surface area contributed by atoms with Gasteiger partial charge in [0.2, 0.25) is 0 Å². The minimum Gasteiger partial charge on any atom is -0.394 e. The highest BCUT2D eigenvalue weighted by Crippen LogP contribution is 2.40. The minimum atomic E-state index is -2.18. The van der Waals surface area contributed by atoms with Crippen molar-refractivity contribution in [1.29, 1.82) is 0 Å². The minimum absolute atomic E-state index is 0.000854. The summed E-state index contributed by atoms with van der Waals surface area (Å²) in [5, 5.41) is 212. The molecule has 33 heteroatoms. The van der Waals surface area contributed by atoms with Crippen LogP contribution < -0.4 is 0 Å². The van der Waals surface area contributed by atoms with Gasteiger partial charge in [-0.25, -0.2) is 0 Å². The first-order valence-corrected chi connectivity index (χ1v) is 26.3. The predicted molar refractivity (Wildman–Crippen MR) is 244 cm³/mol. The van der Waals surface area contributed by atoms with E-state index in [1.165, 1.54) is 0 Å². The van der Waals surface area contributed by atoms with E-state index in [0.717, 1.165) is 0 Å². The summed E-state index contributed by atoms with van der Waals surface area (Å²) >= 11 is 0. The Morgan fingerprint density at radius 3 is 0.582 bits per heavy atom. The zero-order valence-electron chi connectivity index (χ0n) is 42.9. The smallest absolute Gasteiger partial charge is 0.187 e. The standard InChI is InChI=1S/C46H78O33/c1-4-12-33-19(52)26(59)40(66-12)75-35-14(6-47)69-43(29(62)22(35)55)77-37-16(8-49)71-45(31(64)24(37)57)79-39-18(10-51)72-46(32(65)25(39)58)78-38-17(9-50)70-44(30(63)23(38)56)76-36-15(7-48)68-42(28(61)21(36)54)74-34-13(5-11(2)3)67-41(73-33)27(60)20(34)53/h11-65H,4-10H2,1-3H3. The molecule has 21 fully saturated rings. The third kappa shape index (κ3) is 12.8. The van der Waals surface area contributed by atoms with Crippen molar-refractivity contribution in [3.05, 3.63) is 0 Å². The van der Waals surface area contributed by atoms with Crippen LogP contribution in [0.25, 0.3) is 0 Å². The molecule has 460 valence electrons. The van der Waals surface area contributed by atoms with E-state index in [4.69, 9.17) is 66.3 Å². The third-order valence-corrected chi connectivity index (χ3v) is 15.5. The van der Waals surface area contributed by atoms with E-state index in [0.29, 0.717) is 0 Å². The highest BCUT2D eigenvalue weighted by Gasteiger charge is 2.59. The molecule has 21 aliphatic heterocycles. The van der Waals surface area contributed by atoms with Gasteiger partial charge in [-0.1, -0.05) is 20.8 Å². The fraction of sp³-hybridized carbons (Fsp3) is 1.00. The number of rotatable bonds is 8. The molecule has 21 aliphatic rings. The van der Waals surface area contributed by atoms with Crippen molar-refractivity contribution in [3.63, 3.8) is 0 Å². The van der Waals surface area contributed by atoms with Crippen LogP contribution in [0.2, 0.25) is 0 Å². The van der Waals surface area contributed by atoms with Crippen molar-refractivity contribution in [2.75, 3.05) is 33.0 Å². The highest BCUT2D eigenvalue weighted by molar-refractivity contribution is 5.02. The van der Waals surface area contributed by atoms with Crippen LogP contribution in [-0.4, -0.2) is 345 Å². The zero-order valence-corrected chi connectivity index (χ0v) is 42.9. The SMILES string of the molecule is CCC1OC2OC3C(CO)OC(OC4C(CO)OC(OC5C(CO)OC(OC6C(CO)OC(OC7C(CO)OC(OC8C(CC(C)C)OC(OC1C(O)C2O)C(O)C8O)C(O)C7O)C(O)C6O)C(O)C5O)C(O)C4O)C(O)C3O. The Kier molecular flexibility index (Phi) is 21.7. The molecule has 0 saturated carbocycles. The van der Waals surface area contributed by atoms with Gasteiger partial charge in [0.05, 0.1) is 45.2 Å². The molecule has 14 bridgehead atoms. The Balaban J connectivity index is 1.09. The number of ether oxygens (including phenoxy) is 14. The molecule has 0 aromatic heterocycles. The number of aliphatic hydroxyl groups is 19. The zero-order chi connectivity index (χ0) is 57.6. The summed E-state index contributed by atoms with van der Waals surface area (Å²) in [6, 6.07) is 0. The summed E-state index contributed by atoms with van der Waals surface area (Å²) in [7, 11) is 0. The third-order valence-electron chi connectivity index (χ3n) is 15.5. The van der Waals surface area contributed by atoms with Crippen molar-refractivity contribution >= 4 is 0 Å². The molecular weight excluding hydrogens is 1080 g/mol. The van der Waals surface area contributed by atoms with Gasteiger partial charge < -0.3 is 163 Å². The van der Waals surface area contributed by atoms with Crippen molar-refractivity contribution < 1.29 is 163 Å². The molecule has 0 aromatic carbocycles. The average molecular weight is 1160 g/mol. The molecule has 21 saturated heterocycles. The second-order valence-electron chi connectivity index (χ2n) is 21.3. The van der Waals surface area contributed by atoms with Gasteiger partial charge in [0.1, 0.15) is 159 Å². The molecule has 21 rings (SSSR count). The Morgan fingerprint density at radius 2 is 0.405 bits per heavy atom. The van der Waals surface area contributed by atoms with E-state index in [-0.39, 0.29) is 18.8 Å². The molecule has 35 atom stereocenters. The van der Waals surface area contributed by atoms with Crippen LogP contribution >= 0.6 is 0 Å². The normalized spacial score (nSPS) is 54.3. The maximum absolute atomic E-state index is 11.7. The summed E-state index contributed by atoms with van der Waals surface area (Å²) in [5.41, 5.74) is 0. The Bertz CT molecular complexity index is 1870. The van der Waals surface area contributed by atoms with Gasteiger partial charge in [0.25, 0.3) is 0 Å². The van der Waals surface area contributed by atoms with Crippen LogP contribution in [-0.2, 0) is 66.3 Å². The van der Waals surface area contributed by atoms with Crippen molar-refractivity contribution in [2.24, 2.45) is 5.92 Å². The second kappa shape index (κ2) is 26.9. The van der Waals surface area contributed by atoms with Gasteiger partial charge in [0, 0.05) is 0 Å². The van der Waals surface area contributed by atoms with E-state index in [1.54, 1.807) is 20.8 Å². The lowest BCUT2D eigenvalue weighted by Gasteiger charge is -2.50. The molecule has 33 nitrogen and oxygen atoms in total. The van der Waals surface area contributed by atoms with E-state index in [2.05, 4.69) is 0 Å². The van der Waals surface area contributed by atoms with E-state index >= 15 is 0 Å². The molecular formula is C46H78O33. The summed E-state index contributed by atoms with van der Waals surface area (Å²) in [4.78, 5) is 0. The van der Waals surface area contributed by atoms with Crippen molar-refractivity contribution in [2.45, 2.75) is 249 Å². The molecule has 0 aromatic rings. The van der Waals surface area contributed by atoms with Gasteiger partial charge in [0.15, 0.2) is 44.0 Å². The topological polar surface area (TPSA) is 514 Å².